The fourth-order valence-electron chi connectivity index (χ4n) is 4.12. The predicted molar refractivity (Wildman–Crippen MR) is 157 cm³/mol. The summed E-state index contributed by atoms with van der Waals surface area (Å²) in [7, 11) is 0. The quantitative estimate of drug-likeness (QED) is 0.108. The average Bonchev–Trinajstić information content (AvgIpc) is 3.43. The van der Waals surface area contributed by atoms with Crippen molar-refractivity contribution in [3.63, 3.8) is 0 Å². The summed E-state index contributed by atoms with van der Waals surface area (Å²) < 4.78 is 53.4. The Hall–Kier alpha value is -4.43. The minimum Gasteiger partial charge on any atom is -0.456 e. The third kappa shape index (κ3) is 7.55. The van der Waals surface area contributed by atoms with Crippen LogP contribution in [0.1, 0.15) is 31.9 Å². The molecule has 0 amide bonds. The average molecular weight is 777 g/mol. The van der Waals surface area contributed by atoms with E-state index in [1.54, 1.807) is 18.9 Å². The van der Waals surface area contributed by atoms with E-state index in [1.807, 2.05) is 71.6 Å². The van der Waals surface area contributed by atoms with Gasteiger partial charge in [0.15, 0.2) is 0 Å². The van der Waals surface area contributed by atoms with Gasteiger partial charge >= 0.3 is 0 Å². The Labute approximate surface area is 267 Å². The van der Waals surface area contributed by atoms with Crippen molar-refractivity contribution in [2.75, 3.05) is 9.91 Å². The molecule has 0 spiro atoms. The van der Waals surface area contributed by atoms with Crippen molar-refractivity contribution in [2.45, 2.75) is 26.2 Å². The number of halogens is 4. The number of anilines is 2. The van der Waals surface area contributed by atoms with E-state index in [0.717, 1.165) is 28.9 Å². The number of rotatable bonds is 4. The van der Waals surface area contributed by atoms with Crippen LogP contribution in [0.15, 0.2) is 96.2 Å². The summed E-state index contributed by atoms with van der Waals surface area (Å²) in [5.74, 6) is -3.06. The standard InChI is InChI=1S/C19H12F2N4.C14H13F2N2.Pt/c20-17-12-11-16(18(21)22-17)25-13-24(15-9-5-2-6-10-15)19(23-25)14-7-3-1-4-8-14;1-14(2,3)9-6-7-17-11(8-9)10-4-5-12(15)18-13(10)16;/h1-10,12-13H;5-8H,1-3H3;/q-2;-1;. The van der Waals surface area contributed by atoms with E-state index < -0.39 is 23.8 Å². The fraction of sp³-hybridized carbons (Fsp3) is 0.121. The Morgan fingerprint density at radius 2 is 1.39 bits per heavy atom. The van der Waals surface area contributed by atoms with Crippen molar-refractivity contribution in [1.82, 2.24) is 15.0 Å². The summed E-state index contributed by atoms with van der Waals surface area (Å²) in [6, 6.07) is 29.8. The maximum Gasteiger partial charge on any atom is 0.129 e. The first kappa shape index (κ1) is 32.5. The molecular weight excluding hydrogens is 751 g/mol. The minimum atomic E-state index is -0.970. The Morgan fingerprint density at radius 3 is 2.00 bits per heavy atom. The number of hydrogen-bond donors (Lipinski definition) is 0. The van der Waals surface area contributed by atoms with E-state index in [0.29, 0.717) is 11.5 Å². The van der Waals surface area contributed by atoms with Gasteiger partial charge in [-0.3, -0.25) is 13.8 Å². The monoisotopic (exact) mass is 776 g/mol. The van der Waals surface area contributed by atoms with Crippen LogP contribution < -0.4 is 9.91 Å². The van der Waals surface area contributed by atoms with Crippen molar-refractivity contribution >= 4 is 17.2 Å². The molecule has 0 saturated heterocycles. The molecule has 5 aromatic rings. The first-order chi connectivity index (χ1) is 20.6. The van der Waals surface area contributed by atoms with Crippen LogP contribution in [0.4, 0.5) is 28.9 Å². The molecule has 2 aromatic carbocycles. The fourth-order valence-corrected chi connectivity index (χ4v) is 4.12. The number of hydrogen-bond acceptors (Lipinski definition) is 6. The molecule has 6 rings (SSSR count). The zero-order chi connectivity index (χ0) is 30.6. The second-order valence-corrected chi connectivity index (χ2v) is 10.4. The number of amidine groups is 1. The van der Waals surface area contributed by atoms with Gasteiger partial charge in [-0.1, -0.05) is 87.0 Å². The zero-order valence-corrected chi connectivity index (χ0v) is 26.0. The number of para-hydroxylation sites is 1. The number of pyridine rings is 3. The molecule has 0 unspecified atom stereocenters. The van der Waals surface area contributed by atoms with Gasteiger partial charge in [-0.05, 0) is 40.6 Å². The third-order valence-electron chi connectivity index (χ3n) is 6.31. The molecule has 44 heavy (non-hydrogen) atoms. The van der Waals surface area contributed by atoms with E-state index in [4.69, 9.17) is 0 Å². The number of hydrazone groups is 1. The van der Waals surface area contributed by atoms with Crippen molar-refractivity contribution in [2.24, 2.45) is 5.10 Å². The smallest absolute Gasteiger partial charge is 0.129 e. The zero-order valence-electron chi connectivity index (χ0n) is 23.7. The van der Waals surface area contributed by atoms with Crippen molar-refractivity contribution < 1.29 is 38.6 Å². The Kier molecular flexibility index (Phi) is 10.3. The number of benzene rings is 2. The minimum absolute atomic E-state index is 0. The summed E-state index contributed by atoms with van der Waals surface area (Å²) in [5, 5.41) is 5.77. The molecule has 0 bridgehead atoms. The molecule has 0 radical (unpaired) electrons. The predicted octanol–water partition coefficient (Wildman–Crippen LogP) is 7.48. The van der Waals surface area contributed by atoms with E-state index in [1.165, 1.54) is 5.01 Å². The molecule has 1 aliphatic heterocycles. The Morgan fingerprint density at radius 1 is 0.773 bits per heavy atom. The van der Waals surface area contributed by atoms with Crippen LogP contribution in [0, 0.1) is 42.6 Å². The van der Waals surface area contributed by atoms with Gasteiger partial charge in [0.25, 0.3) is 0 Å². The molecule has 0 aliphatic carbocycles. The maximum absolute atomic E-state index is 14.0. The van der Waals surface area contributed by atoms with Gasteiger partial charge in [-0.25, -0.2) is 8.78 Å². The molecule has 228 valence electrons. The van der Waals surface area contributed by atoms with Crippen LogP contribution in [-0.4, -0.2) is 20.8 Å². The second kappa shape index (κ2) is 13.9. The van der Waals surface area contributed by atoms with Crippen molar-refractivity contribution in [3.05, 3.63) is 145 Å². The van der Waals surface area contributed by atoms with Crippen LogP contribution in [0.3, 0.4) is 0 Å². The normalized spacial score (nSPS) is 12.7. The summed E-state index contributed by atoms with van der Waals surface area (Å²) in [4.78, 5) is 12.2. The van der Waals surface area contributed by atoms with Gasteiger partial charge < -0.3 is 19.9 Å². The molecule has 11 heteroatoms. The van der Waals surface area contributed by atoms with Gasteiger partial charge in [0.2, 0.25) is 0 Å². The van der Waals surface area contributed by atoms with Crippen LogP contribution in [0.2, 0.25) is 0 Å². The third-order valence-corrected chi connectivity index (χ3v) is 6.31. The molecule has 6 nitrogen and oxygen atoms in total. The molecule has 1 aliphatic rings. The molecule has 0 N–H and O–H groups in total. The van der Waals surface area contributed by atoms with Crippen molar-refractivity contribution in [1.29, 1.82) is 0 Å². The first-order valence-electron chi connectivity index (χ1n) is 13.2. The van der Waals surface area contributed by atoms with Gasteiger partial charge in [-0.2, -0.15) is 11.2 Å². The van der Waals surface area contributed by atoms with Gasteiger partial charge in [0, 0.05) is 38.5 Å². The molecule has 4 heterocycles. The Balaban J connectivity index is 0.000000207. The first-order valence-corrected chi connectivity index (χ1v) is 13.2. The topological polar surface area (TPSA) is 57.5 Å². The summed E-state index contributed by atoms with van der Waals surface area (Å²) in [6.07, 6.45) is 1.60. The Bertz CT molecular complexity index is 1750. The number of aromatic nitrogens is 3. The molecule has 0 fully saturated rings. The van der Waals surface area contributed by atoms with Gasteiger partial charge in [0.05, 0.1) is 5.95 Å². The van der Waals surface area contributed by atoms with E-state index in [9.17, 15) is 17.6 Å². The SMILES string of the molecule is CC(C)(C)c1ccnc(-c2[c-]cc(F)nc2F)c1.Fc1c[c-]c(N2[CH-]N(c3ccccc3)C(c3ccccc3)=N2)c(F)n1.[Pt]. The van der Waals surface area contributed by atoms with Gasteiger partial charge in [-0.15, -0.1) is 18.8 Å². The van der Waals surface area contributed by atoms with Crippen LogP contribution >= 0.6 is 0 Å². The van der Waals surface area contributed by atoms with Gasteiger partial charge in [0.1, 0.15) is 23.7 Å². The largest absolute Gasteiger partial charge is 0.456 e. The maximum atomic E-state index is 14.0. The van der Waals surface area contributed by atoms with E-state index >= 15 is 0 Å². The van der Waals surface area contributed by atoms with Crippen LogP contribution in [0.5, 0.6) is 0 Å². The van der Waals surface area contributed by atoms with Crippen molar-refractivity contribution in [3.8, 4) is 11.3 Å². The molecule has 0 saturated carbocycles. The van der Waals surface area contributed by atoms with E-state index in [2.05, 4.69) is 53.0 Å². The molecule has 3 aromatic heterocycles. The van der Waals surface area contributed by atoms with Crippen LogP contribution in [0.25, 0.3) is 11.3 Å². The number of nitrogens with zero attached hydrogens (tertiary/aromatic N) is 6. The molecule has 0 atom stereocenters. The van der Waals surface area contributed by atoms with E-state index in [-0.39, 0.29) is 37.7 Å². The van der Waals surface area contributed by atoms with Crippen LogP contribution in [-0.2, 0) is 26.5 Å². The summed E-state index contributed by atoms with van der Waals surface area (Å²) >= 11 is 0. The summed E-state index contributed by atoms with van der Waals surface area (Å²) in [6.45, 7) is 7.77. The summed E-state index contributed by atoms with van der Waals surface area (Å²) in [5.41, 5.74) is 3.12. The molecular formula is C33H25F4N6Pt-3. The second-order valence-electron chi connectivity index (χ2n) is 10.4.